The third-order valence-electron chi connectivity index (χ3n) is 3.63. The van der Waals surface area contributed by atoms with Crippen molar-refractivity contribution >= 4 is 40.7 Å². The van der Waals surface area contributed by atoms with Gasteiger partial charge in [-0.05, 0) is 46.2 Å². The van der Waals surface area contributed by atoms with Crippen LogP contribution < -0.4 is 15.4 Å². The van der Waals surface area contributed by atoms with Crippen LogP contribution in [0.1, 0.15) is 38.8 Å². The zero-order chi connectivity index (χ0) is 21.4. The third kappa shape index (κ3) is 11.7. The van der Waals surface area contributed by atoms with Gasteiger partial charge in [-0.25, -0.2) is 4.99 Å². The summed E-state index contributed by atoms with van der Waals surface area (Å²) >= 11 is 0. The standard InChI is InChI=1S/C19H30F3N3O2S.HI/c1-6-23-17(24-9-10-28(26)18(3,4)5)25-12-15-8-7-14(2)11-16(15)27-13-19(20,21)22;/h7-8,11H,6,9-10,12-13H2,1-5H3,(H2,23,24,25);1H. The van der Waals surface area contributed by atoms with Gasteiger partial charge in [-0.2, -0.15) is 13.2 Å². The van der Waals surface area contributed by atoms with Gasteiger partial charge >= 0.3 is 6.18 Å². The molecule has 0 fully saturated rings. The predicted octanol–water partition coefficient (Wildman–Crippen LogP) is 4.16. The molecule has 1 unspecified atom stereocenters. The first-order valence-corrected chi connectivity index (χ1v) is 10.4. The summed E-state index contributed by atoms with van der Waals surface area (Å²) in [5.41, 5.74) is 1.37. The van der Waals surface area contributed by atoms with Crippen LogP contribution in [0.15, 0.2) is 23.2 Å². The molecule has 5 nitrogen and oxygen atoms in total. The van der Waals surface area contributed by atoms with E-state index in [4.69, 9.17) is 4.74 Å². The van der Waals surface area contributed by atoms with E-state index in [1.165, 1.54) is 0 Å². The molecule has 0 radical (unpaired) electrons. The van der Waals surface area contributed by atoms with Crippen LogP contribution in [0, 0.1) is 6.92 Å². The van der Waals surface area contributed by atoms with E-state index in [0.717, 1.165) is 5.56 Å². The lowest BCUT2D eigenvalue weighted by Crippen LogP contribution is -2.40. The second-order valence-electron chi connectivity index (χ2n) is 7.30. The molecule has 29 heavy (non-hydrogen) atoms. The summed E-state index contributed by atoms with van der Waals surface area (Å²) in [5.74, 6) is 1.15. The lowest BCUT2D eigenvalue weighted by molar-refractivity contribution is -0.153. The summed E-state index contributed by atoms with van der Waals surface area (Å²) < 4.78 is 54.2. The second-order valence-corrected chi connectivity index (χ2v) is 9.62. The molecular weight excluding hydrogens is 518 g/mol. The van der Waals surface area contributed by atoms with Crippen LogP contribution in [0.5, 0.6) is 5.75 Å². The summed E-state index contributed by atoms with van der Waals surface area (Å²) in [4.78, 5) is 4.41. The van der Waals surface area contributed by atoms with Crippen LogP contribution in [0.4, 0.5) is 13.2 Å². The Labute approximate surface area is 190 Å². The monoisotopic (exact) mass is 549 g/mol. The highest BCUT2D eigenvalue weighted by Crippen LogP contribution is 2.24. The third-order valence-corrected chi connectivity index (χ3v) is 5.57. The minimum absolute atomic E-state index is 0. The topological polar surface area (TPSA) is 62.7 Å². The Bertz CT molecular complexity index is 692. The van der Waals surface area contributed by atoms with E-state index in [9.17, 15) is 17.4 Å². The van der Waals surface area contributed by atoms with Gasteiger partial charge < -0.3 is 15.4 Å². The number of guanidine groups is 1. The Morgan fingerprint density at radius 3 is 2.41 bits per heavy atom. The molecule has 0 heterocycles. The molecule has 10 heteroatoms. The maximum absolute atomic E-state index is 12.5. The van der Waals surface area contributed by atoms with E-state index >= 15 is 0 Å². The van der Waals surface area contributed by atoms with Crippen molar-refractivity contribution in [3.8, 4) is 5.75 Å². The van der Waals surface area contributed by atoms with Crippen LogP contribution in [0.3, 0.4) is 0 Å². The molecule has 1 aromatic rings. The number of hydrogen-bond donors (Lipinski definition) is 2. The van der Waals surface area contributed by atoms with Crippen LogP contribution >= 0.6 is 24.0 Å². The number of benzene rings is 1. The van der Waals surface area contributed by atoms with Gasteiger partial charge in [0, 0.05) is 40.0 Å². The Balaban J connectivity index is 0.00000784. The highest BCUT2D eigenvalue weighted by Gasteiger charge is 2.28. The summed E-state index contributed by atoms with van der Waals surface area (Å²) in [6.07, 6.45) is -4.40. The average molecular weight is 549 g/mol. The molecule has 0 saturated carbocycles. The molecule has 2 N–H and O–H groups in total. The highest BCUT2D eigenvalue weighted by atomic mass is 127. The molecule has 0 spiro atoms. The van der Waals surface area contributed by atoms with Crippen molar-refractivity contribution < 1.29 is 22.1 Å². The summed E-state index contributed by atoms with van der Waals surface area (Å²) in [6, 6.07) is 5.09. The fraction of sp³-hybridized carbons (Fsp3) is 0.632. The molecule has 0 aliphatic rings. The molecule has 0 aliphatic heterocycles. The summed E-state index contributed by atoms with van der Waals surface area (Å²) in [5, 5.41) is 6.18. The lowest BCUT2D eigenvalue weighted by Gasteiger charge is -2.18. The van der Waals surface area contributed by atoms with Crippen LogP contribution in [-0.4, -0.2) is 46.5 Å². The second kappa shape index (κ2) is 12.6. The molecule has 0 amide bonds. The van der Waals surface area contributed by atoms with Crippen molar-refractivity contribution in [3.63, 3.8) is 0 Å². The van der Waals surface area contributed by atoms with Gasteiger partial charge in [-0.1, -0.05) is 12.1 Å². The zero-order valence-electron chi connectivity index (χ0n) is 17.5. The Kier molecular flexibility index (Phi) is 12.2. The first-order valence-electron chi connectivity index (χ1n) is 9.12. The maximum Gasteiger partial charge on any atom is 0.422 e. The SMILES string of the molecule is CCNC(=NCc1ccc(C)cc1OCC(F)(F)F)NCCS(=O)C(C)(C)C.I. The van der Waals surface area contributed by atoms with E-state index in [1.807, 2.05) is 27.7 Å². The van der Waals surface area contributed by atoms with E-state index in [1.54, 1.807) is 25.1 Å². The number of alkyl halides is 3. The minimum Gasteiger partial charge on any atom is -0.484 e. The van der Waals surface area contributed by atoms with Gasteiger partial charge in [0.15, 0.2) is 12.6 Å². The molecule has 0 bridgehead atoms. The van der Waals surface area contributed by atoms with Gasteiger partial charge in [0.25, 0.3) is 0 Å². The van der Waals surface area contributed by atoms with E-state index in [2.05, 4.69) is 15.6 Å². The summed E-state index contributed by atoms with van der Waals surface area (Å²) in [7, 11) is -0.987. The normalized spacial score (nSPS) is 13.4. The van der Waals surface area contributed by atoms with E-state index < -0.39 is 23.6 Å². The highest BCUT2D eigenvalue weighted by molar-refractivity contribution is 14.0. The van der Waals surface area contributed by atoms with Crippen molar-refractivity contribution in [3.05, 3.63) is 29.3 Å². The van der Waals surface area contributed by atoms with Gasteiger partial charge in [-0.3, -0.25) is 4.21 Å². The fourth-order valence-electron chi connectivity index (χ4n) is 2.16. The summed E-state index contributed by atoms with van der Waals surface area (Å²) in [6.45, 7) is 9.37. The molecule has 168 valence electrons. The molecular formula is C19H31F3IN3O2S. The number of aliphatic imine (C=N–C) groups is 1. The predicted molar refractivity (Wildman–Crippen MR) is 124 cm³/mol. The fourth-order valence-corrected chi connectivity index (χ4v) is 3.06. The maximum atomic E-state index is 12.5. The number of hydrogen-bond acceptors (Lipinski definition) is 3. The number of nitrogens with zero attached hydrogens (tertiary/aromatic N) is 1. The quantitative estimate of drug-likeness (QED) is 0.291. The number of nitrogens with one attached hydrogen (secondary N) is 2. The molecule has 0 saturated heterocycles. The molecule has 1 rings (SSSR count). The molecule has 1 atom stereocenters. The molecule has 1 aromatic carbocycles. The van der Waals surface area contributed by atoms with E-state index in [0.29, 0.717) is 30.4 Å². The van der Waals surface area contributed by atoms with Crippen LogP contribution in [-0.2, 0) is 17.3 Å². The smallest absolute Gasteiger partial charge is 0.422 e. The Hall–Kier alpha value is -1.04. The van der Waals surface area contributed by atoms with Gasteiger partial charge in [-0.15, -0.1) is 24.0 Å². The Morgan fingerprint density at radius 1 is 1.21 bits per heavy atom. The lowest BCUT2D eigenvalue weighted by atomic mass is 10.1. The van der Waals surface area contributed by atoms with Crippen molar-refractivity contribution in [2.75, 3.05) is 25.4 Å². The number of halogens is 4. The van der Waals surface area contributed by atoms with Gasteiger partial charge in [0.1, 0.15) is 5.75 Å². The Morgan fingerprint density at radius 2 is 1.86 bits per heavy atom. The number of ether oxygens (including phenoxy) is 1. The molecule has 0 aromatic heterocycles. The van der Waals surface area contributed by atoms with Crippen LogP contribution in [0.25, 0.3) is 0 Å². The first-order chi connectivity index (χ1) is 12.9. The molecule has 0 aliphatic carbocycles. The number of rotatable bonds is 8. The largest absolute Gasteiger partial charge is 0.484 e. The number of aryl methyl sites for hydroxylation is 1. The average Bonchev–Trinajstić information content (AvgIpc) is 2.57. The van der Waals surface area contributed by atoms with Crippen LogP contribution in [0.2, 0.25) is 0 Å². The van der Waals surface area contributed by atoms with Crippen molar-refractivity contribution in [2.24, 2.45) is 4.99 Å². The van der Waals surface area contributed by atoms with Crippen molar-refractivity contribution in [1.29, 1.82) is 0 Å². The van der Waals surface area contributed by atoms with Crippen molar-refractivity contribution in [2.45, 2.75) is 52.1 Å². The van der Waals surface area contributed by atoms with Crippen molar-refractivity contribution in [1.82, 2.24) is 10.6 Å². The first kappa shape index (κ1) is 28.0. The minimum atomic E-state index is -4.40. The van der Waals surface area contributed by atoms with E-state index in [-0.39, 0.29) is 41.0 Å². The zero-order valence-corrected chi connectivity index (χ0v) is 20.6. The van der Waals surface area contributed by atoms with Gasteiger partial charge in [0.05, 0.1) is 6.54 Å². The van der Waals surface area contributed by atoms with Gasteiger partial charge in [0.2, 0.25) is 0 Å².